The minimum atomic E-state index is 0.0806. The monoisotopic (exact) mass is 347 g/mol. The van der Waals surface area contributed by atoms with Crippen molar-refractivity contribution in [1.29, 1.82) is 0 Å². The summed E-state index contributed by atoms with van der Waals surface area (Å²) in [4.78, 5) is 4.78. The van der Waals surface area contributed by atoms with Gasteiger partial charge in [-0.25, -0.2) is 0 Å². The lowest BCUT2D eigenvalue weighted by Gasteiger charge is -2.29. The van der Waals surface area contributed by atoms with Crippen LogP contribution in [0.1, 0.15) is 45.6 Å². The molecule has 5 nitrogen and oxygen atoms in total. The third-order valence-corrected chi connectivity index (χ3v) is 5.27. The highest BCUT2D eigenvalue weighted by Crippen LogP contribution is 2.30. The molecule has 0 aliphatic carbocycles. The number of nitrogens with one attached hydrogen (secondary N) is 2. The summed E-state index contributed by atoms with van der Waals surface area (Å²) in [5.41, 5.74) is 1.35. The molecule has 3 N–H and O–H groups in total. The van der Waals surface area contributed by atoms with Gasteiger partial charge in [-0.15, -0.1) is 0 Å². The topological polar surface area (TPSA) is 65.9 Å². The van der Waals surface area contributed by atoms with Crippen molar-refractivity contribution in [3.63, 3.8) is 0 Å². The van der Waals surface area contributed by atoms with Crippen LogP contribution in [-0.2, 0) is 6.42 Å². The maximum Gasteiger partial charge on any atom is 0.191 e. The largest absolute Gasteiger partial charge is 0.488 e. The summed E-state index contributed by atoms with van der Waals surface area (Å²) < 4.78 is 5.98. The number of para-hydroxylation sites is 1. The second-order valence-electron chi connectivity index (χ2n) is 6.81. The molecule has 1 unspecified atom stereocenters. The molecule has 1 aromatic carbocycles. The molecule has 0 spiro atoms. The predicted molar refractivity (Wildman–Crippen MR) is 103 cm³/mol. The van der Waals surface area contributed by atoms with Gasteiger partial charge in [-0.1, -0.05) is 32.0 Å². The van der Waals surface area contributed by atoms with Crippen molar-refractivity contribution in [3.8, 4) is 5.75 Å². The molecule has 1 aromatic rings. The summed E-state index contributed by atoms with van der Waals surface area (Å²) >= 11 is 0. The van der Waals surface area contributed by atoms with Gasteiger partial charge >= 0.3 is 0 Å². The number of aliphatic hydroxyl groups excluding tert-OH is 1. The Balaban J connectivity index is 1.92. The molecule has 1 atom stereocenters. The van der Waals surface area contributed by atoms with Gasteiger partial charge in [0.15, 0.2) is 5.96 Å². The Labute approximate surface area is 151 Å². The Hall–Kier alpha value is -1.75. The minimum absolute atomic E-state index is 0.0806. The van der Waals surface area contributed by atoms with E-state index in [4.69, 9.17) is 9.73 Å². The van der Waals surface area contributed by atoms with Gasteiger partial charge in [0.1, 0.15) is 11.9 Å². The number of nitrogens with zero attached hydrogens (tertiary/aromatic N) is 1. The van der Waals surface area contributed by atoms with Gasteiger partial charge in [0.25, 0.3) is 0 Å². The van der Waals surface area contributed by atoms with Crippen LogP contribution in [0.5, 0.6) is 5.75 Å². The average molecular weight is 348 g/mol. The number of aliphatic imine (C=N–C) groups is 1. The van der Waals surface area contributed by atoms with Gasteiger partial charge in [-0.05, 0) is 43.2 Å². The normalized spacial score (nSPS) is 17.1. The third-order valence-electron chi connectivity index (χ3n) is 5.27. The van der Waals surface area contributed by atoms with Gasteiger partial charge in [0.2, 0.25) is 0 Å². The zero-order valence-corrected chi connectivity index (χ0v) is 15.8. The molecule has 0 saturated carbocycles. The van der Waals surface area contributed by atoms with E-state index < -0.39 is 0 Å². The molecule has 1 heterocycles. The minimum Gasteiger partial charge on any atom is -0.488 e. The highest BCUT2D eigenvalue weighted by molar-refractivity contribution is 5.79. The van der Waals surface area contributed by atoms with Crippen LogP contribution < -0.4 is 15.4 Å². The fourth-order valence-corrected chi connectivity index (χ4v) is 3.31. The number of fused-ring (bicyclic) bond motifs is 1. The third kappa shape index (κ3) is 5.36. The molecule has 25 heavy (non-hydrogen) atoms. The Morgan fingerprint density at radius 1 is 1.24 bits per heavy atom. The lowest BCUT2D eigenvalue weighted by molar-refractivity contribution is 0.175. The summed E-state index contributed by atoms with van der Waals surface area (Å²) in [5.74, 6) is 1.82. The summed E-state index contributed by atoms with van der Waals surface area (Å²) in [6, 6.07) is 8.22. The molecule has 0 aromatic heterocycles. The van der Waals surface area contributed by atoms with Crippen LogP contribution in [-0.4, -0.2) is 43.4 Å². The molecular formula is C20H33N3O2. The molecule has 5 heteroatoms. The molecule has 2 rings (SSSR count). The van der Waals surface area contributed by atoms with E-state index >= 15 is 0 Å². The number of hydrogen-bond donors (Lipinski definition) is 3. The molecule has 1 aliphatic rings. The first-order chi connectivity index (χ1) is 12.2. The van der Waals surface area contributed by atoms with Crippen LogP contribution >= 0.6 is 0 Å². The second kappa shape index (κ2) is 9.66. The maximum absolute atomic E-state index is 9.37. The smallest absolute Gasteiger partial charge is 0.191 e. The molecule has 0 bridgehead atoms. The first-order valence-electron chi connectivity index (χ1n) is 9.54. The number of ether oxygens (including phenoxy) is 1. The van der Waals surface area contributed by atoms with Crippen LogP contribution in [0.3, 0.4) is 0 Å². The van der Waals surface area contributed by atoms with E-state index in [1.165, 1.54) is 5.56 Å². The SMILES string of the molecule is CCNC(=NCC(CC)(CC)CCO)NCC1Cc2ccccc2O1. The number of aliphatic hydroxyl groups is 1. The van der Waals surface area contributed by atoms with E-state index in [0.29, 0.717) is 0 Å². The van der Waals surface area contributed by atoms with E-state index in [9.17, 15) is 5.11 Å². The van der Waals surface area contributed by atoms with E-state index in [-0.39, 0.29) is 18.1 Å². The van der Waals surface area contributed by atoms with E-state index in [1.54, 1.807) is 0 Å². The van der Waals surface area contributed by atoms with Crippen molar-refractivity contribution in [1.82, 2.24) is 10.6 Å². The van der Waals surface area contributed by atoms with Crippen LogP contribution in [0.4, 0.5) is 0 Å². The fraction of sp³-hybridized carbons (Fsp3) is 0.650. The molecule has 0 saturated heterocycles. The van der Waals surface area contributed by atoms with Crippen LogP contribution in [0, 0.1) is 5.41 Å². The number of rotatable bonds is 9. The highest BCUT2D eigenvalue weighted by atomic mass is 16.5. The molecular weight excluding hydrogens is 314 g/mol. The van der Waals surface area contributed by atoms with Gasteiger partial charge < -0.3 is 20.5 Å². The standard InChI is InChI=1S/C20H33N3O2/c1-4-20(5-2,11-12-24)15-23-19(21-6-3)22-14-17-13-16-9-7-8-10-18(16)25-17/h7-10,17,24H,4-6,11-15H2,1-3H3,(H2,21,22,23). The van der Waals surface area contributed by atoms with Crippen molar-refractivity contribution in [2.45, 2.75) is 52.6 Å². The first kappa shape index (κ1) is 19.6. The van der Waals surface area contributed by atoms with Crippen LogP contribution in [0.15, 0.2) is 29.3 Å². The van der Waals surface area contributed by atoms with Crippen molar-refractivity contribution >= 4 is 5.96 Å². The van der Waals surface area contributed by atoms with Crippen molar-refractivity contribution in [2.75, 3.05) is 26.2 Å². The lowest BCUT2D eigenvalue weighted by Crippen LogP contribution is -2.43. The Morgan fingerprint density at radius 2 is 2.00 bits per heavy atom. The molecule has 1 aliphatic heterocycles. The Kier molecular flexibility index (Phi) is 7.56. The Bertz CT molecular complexity index is 531. The van der Waals surface area contributed by atoms with Crippen LogP contribution in [0.2, 0.25) is 0 Å². The van der Waals surface area contributed by atoms with Crippen molar-refractivity contribution < 1.29 is 9.84 Å². The van der Waals surface area contributed by atoms with Gasteiger partial charge in [0.05, 0.1) is 6.54 Å². The van der Waals surface area contributed by atoms with Gasteiger partial charge in [0, 0.05) is 26.1 Å². The van der Waals surface area contributed by atoms with Gasteiger partial charge in [-0.3, -0.25) is 4.99 Å². The molecule has 140 valence electrons. The fourth-order valence-electron chi connectivity index (χ4n) is 3.31. The van der Waals surface area contributed by atoms with Crippen molar-refractivity contribution in [3.05, 3.63) is 29.8 Å². The maximum atomic E-state index is 9.37. The van der Waals surface area contributed by atoms with Crippen molar-refractivity contribution in [2.24, 2.45) is 10.4 Å². The molecule has 0 amide bonds. The second-order valence-corrected chi connectivity index (χ2v) is 6.81. The van der Waals surface area contributed by atoms with E-state index in [1.807, 2.05) is 12.1 Å². The van der Waals surface area contributed by atoms with E-state index in [0.717, 1.165) is 57.0 Å². The molecule has 0 radical (unpaired) electrons. The Morgan fingerprint density at radius 3 is 2.64 bits per heavy atom. The zero-order chi connectivity index (χ0) is 18.1. The number of benzene rings is 1. The quantitative estimate of drug-likeness (QED) is 0.475. The number of guanidine groups is 1. The molecule has 0 fully saturated rings. The highest BCUT2D eigenvalue weighted by Gasteiger charge is 2.26. The predicted octanol–water partition coefficient (Wildman–Crippen LogP) is 2.73. The zero-order valence-electron chi connectivity index (χ0n) is 15.8. The van der Waals surface area contributed by atoms with Crippen LogP contribution in [0.25, 0.3) is 0 Å². The average Bonchev–Trinajstić information content (AvgIpc) is 3.06. The summed E-state index contributed by atoms with van der Waals surface area (Å²) in [5, 5.41) is 16.1. The number of hydrogen-bond acceptors (Lipinski definition) is 3. The summed E-state index contributed by atoms with van der Waals surface area (Å²) in [6.45, 7) is 8.92. The first-order valence-corrected chi connectivity index (χ1v) is 9.54. The summed E-state index contributed by atoms with van der Waals surface area (Å²) in [6.07, 6.45) is 3.91. The van der Waals surface area contributed by atoms with Gasteiger partial charge in [-0.2, -0.15) is 0 Å². The summed E-state index contributed by atoms with van der Waals surface area (Å²) in [7, 11) is 0. The lowest BCUT2D eigenvalue weighted by atomic mass is 9.79. The van der Waals surface area contributed by atoms with E-state index in [2.05, 4.69) is 43.5 Å².